The summed E-state index contributed by atoms with van der Waals surface area (Å²) in [6.07, 6.45) is 8.37. The molecule has 1 aliphatic rings. The van der Waals surface area contributed by atoms with Crippen LogP contribution in [0.15, 0.2) is 12.2 Å². The summed E-state index contributed by atoms with van der Waals surface area (Å²) in [6, 6.07) is 1.33. The van der Waals surface area contributed by atoms with E-state index in [9.17, 15) is 4.79 Å². The molecule has 4 nitrogen and oxygen atoms in total. The number of nitrogens with zero attached hydrogens (tertiary/aromatic N) is 1. The van der Waals surface area contributed by atoms with Crippen molar-refractivity contribution in [2.24, 2.45) is 0 Å². The van der Waals surface area contributed by atoms with Crippen molar-refractivity contribution in [3.63, 3.8) is 0 Å². The fourth-order valence-electron chi connectivity index (χ4n) is 2.46. The molecule has 18 heavy (non-hydrogen) atoms. The van der Waals surface area contributed by atoms with E-state index in [1.807, 2.05) is 20.0 Å². The predicted octanol–water partition coefficient (Wildman–Crippen LogP) is 1.57. The van der Waals surface area contributed by atoms with E-state index in [-0.39, 0.29) is 5.97 Å². The van der Waals surface area contributed by atoms with Crippen molar-refractivity contribution in [3.05, 3.63) is 12.2 Å². The molecular weight excluding hydrogens is 228 g/mol. The molecule has 0 atom stereocenters. The summed E-state index contributed by atoms with van der Waals surface area (Å²) in [5, 5.41) is 3.34. The standard InChI is InChI=1S/C14H26N2O2/c1-4-18-14(17)6-5-11-16(3)13-9-7-12(15-2)8-10-13/h5-6,12-13,15H,4,7-11H2,1-3H3/b6-5+. The molecule has 4 heteroatoms. The smallest absolute Gasteiger partial charge is 0.330 e. The largest absolute Gasteiger partial charge is 0.463 e. The molecule has 0 unspecified atom stereocenters. The summed E-state index contributed by atoms with van der Waals surface area (Å²) in [6.45, 7) is 3.07. The second-order valence-corrected chi connectivity index (χ2v) is 4.89. The first-order valence-electron chi connectivity index (χ1n) is 6.88. The Balaban J connectivity index is 2.25. The zero-order valence-electron chi connectivity index (χ0n) is 11.8. The average Bonchev–Trinajstić information content (AvgIpc) is 2.39. The lowest BCUT2D eigenvalue weighted by molar-refractivity contribution is -0.137. The minimum atomic E-state index is -0.246. The number of likely N-dealkylation sites (N-methyl/N-ethyl adjacent to an activating group) is 1. The maximum atomic E-state index is 11.1. The van der Waals surface area contributed by atoms with Gasteiger partial charge >= 0.3 is 5.97 Å². The summed E-state index contributed by atoms with van der Waals surface area (Å²) in [5.41, 5.74) is 0. The highest BCUT2D eigenvalue weighted by Crippen LogP contribution is 2.21. The zero-order chi connectivity index (χ0) is 13.4. The summed E-state index contributed by atoms with van der Waals surface area (Å²) in [5.74, 6) is -0.246. The number of ether oxygens (including phenoxy) is 1. The molecule has 0 heterocycles. The molecule has 0 bridgehead atoms. The van der Waals surface area contributed by atoms with Gasteiger partial charge in [0.05, 0.1) is 6.61 Å². The highest BCUT2D eigenvalue weighted by atomic mass is 16.5. The summed E-state index contributed by atoms with van der Waals surface area (Å²) in [7, 11) is 4.16. The topological polar surface area (TPSA) is 41.6 Å². The van der Waals surface area contributed by atoms with E-state index in [1.165, 1.54) is 31.8 Å². The van der Waals surface area contributed by atoms with Gasteiger partial charge in [-0.3, -0.25) is 4.90 Å². The Morgan fingerprint density at radius 2 is 2.06 bits per heavy atom. The molecule has 1 N–H and O–H groups in total. The summed E-state index contributed by atoms with van der Waals surface area (Å²) >= 11 is 0. The van der Waals surface area contributed by atoms with Crippen LogP contribution in [0.1, 0.15) is 32.6 Å². The van der Waals surface area contributed by atoms with Crippen molar-refractivity contribution in [1.29, 1.82) is 0 Å². The van der Waals surface area contributed by atoms with E-state index >= 15 is 0 Å². The molecule has 1 aliphatic carbocycles. The van der Waals surface area contributed by atoms with E-state index in [0.29, 0.717) is 18.7 Å². The van der Waals surface area contributed by atoms with Crippen LogP contribution < -0.4 is 5.32 Å². The van der Waals surface area contributed by atoms with Gasteiger partial charge < -0.3 is 10.1 Å². The third-order valence-electron chi connectivity index (χ3n) is 3.66. The van der Waals surface area contributed by atoms with E-state index in [1.54, 1.807) is 0 Å². The Morgan fingerprint density at radius 1 is 1.39 bits per heavy atom. The monoisotopic (exact) mass is 254 g/mol. The minimum absolute atomic E-state index is 0.246. The van der Waals surface area contributed by atoms with Crippen LogP contribution in [0.4, 0.5) is 0 Å². The van der Waals surface area contributed by atoms with Crippen molar-refractivity contribution in [1.82, 2.24) is 10.2 Å². The van der Waals surface area contributed by atoms with Gasteiger partial charge in [0.1, 0.15) is 0 Å². The van der Waals surface area contributed by atoms with Gasteiger partial charge in [-0.2, -0.15) is 0 Å². The quantitative estimate of drug-likeness (QED) is 0.577. The van der Waals surface area contributed by atoms with Crippen LogP contribution in [0, 0.1) is 0 Å². The van der Waals surface area contributed by atoms with Gasteiger partial charge in [0.25, 0.3) is 0 Å². The lowest BCUT2D eigenvalue weighted by Gasteiger charge is -2.34. The second-order valence-electron chi connectivity index (χ2n) is 4.89. The van der Waals surface area contributed by atoms with Crippen molar-refractivity contribution >= 4 is 5.97 Å². The highest BCUT2D eigenvalue weighted by Gasteiger charge is 2.22. The molecule has 0 aromatic heterocycles. The van der Waals surface area contributed by atoms with Crippen molar-refractivity contribution < 1.29 is 9.53 Å². The first-order valence-corrected chi connectivity index (χ1v) is 6.88. The molecule has 0 aromatic rings. The van der Waals surface area contributed by atoms with Crippen LogP contribution in [0.25, 0.3) is 0 Å². The van der Waals surface area contributed by atoms with E-state index < -0.39 is 0 Å². The molecule has 0 saturated heterocycles. The predicted molar refractivity (Wildman–Crippen MR) is 73.5 cm³/mol. The van der Waals surface area contributed by atoms with Gasteiger partial charge in [-0.15, -0.1) is 0 Å². The maximum Gasteiger partial charge on any atom is 0.330 e. The Morgan fingerprint density at radius 3 is 2.61 bits per heavy atom. The van der Waals surface area contributed by atoms with Gasteiger partial charge in [-0.05, 0) is 46.7 Å². The molecule has 0 aliphatic heterocycles. The number of esters is 1. The average molecular weight is 254 g/mol. The first kappa shape index (κ1) is 15.2. The third-order valence-corrected chi connectivity index (χ3v) is 3.66. The van der Waals surface area contributed by atoms with Gasteiger partial charge in [0, 0.05) is 24.7 Å². The van der Waals surface area contributed by atoms with Crippen molar-refractivity contribution in [3.8, 4) is 0 Å². The van der Waals surface area contributed by atoms with Crippen LogP contribution in [0.5, 0.6) is 0 Å². The Labute approximate surface area is 110 Å². The summed E-state index contributed by atoms with van der Waals surface area (Å²) < 4.78 is 4.85. The van der Waals surface area contributed by atoms with Gasteiger partial charge in [-0.25, -0.2) is 4.79 Å². The maximum absolute atomic E-state index is 11.1. The number of carbonyl (C=O) groups is 1. The van der Waals surface area contributed by atoms with Crippen LogP contribution >= 0.6 is 0 Å². The highest BCUT2D eigenvalue weighted by molar-refractivity contribution is 5.81. The van der Waals surface area contributed by atoms with E-state index in [2.05, 4.69) is 17.3 Å². The van der Waals surface area contributed by atoms with Crippen molar-refractivity contribution in [2.75, 3.05) is 27.2 Å². The molecule has 104 valence electrons. The van der Waals surface area contributed by atoms with Crippen molar-refractivity contribution in [2.45, 2.75) is 44.7 Å². The Hall–Kier alpha value is -0.870. The van der Waals surface area contributed by atoms with Crippen LogP contribution in [0.2, 0.25) is 0 Å². The minimum Gasteiger partial charge on any atom is -0.463 e. The SMILES string of the molecule is CCOC(=O)/C=C/CN(C)C1CCC(NC)CC1. The van der Waals surface area contributed by atoms with Gasteiger partial charge in [0.2, 0.25) is 0 Å². The van der Waals surface area contributed by atoms with E-state index in [0.717, 1.165) is 6.54 Å². The molecule has 0 aromatic carbocycles. The van der Waals surface area contributed by atoms with Crippen LogP contribution in [-0.2, 0) is 9.53 Å². The summed E-state index contributed by atoms with van der Waals surface area (Å²) in [4.78, 5) is 13.5. The third kappa shape index (κ3) is 5.19. The van der Waals surface area contributed by atoms with Crippen LogP contribution in [0.3, 0.4) is 0 Å². The fraction of sp³-hybridized carbons (Fsp3) is 0.786. The molecule has 0 amide bonds. The first-order chi connectivity index (χ1) is 8.67. The van der Waals surface area contributed by atoms with Gasteiger partial charge in [-0.1, -0.05) is 6.08 Å². The Kier molecular flexibility index (Phi) is 6.98. The fourth-order valence-corrected chi connectivity index (χ4v) is 2.46. The lowest BCUT2D eigenvalue weighted by Crippen LogP contribution is -2.39. The molecule has 1 rings (SSSR count). The van der Waals surface area contributed by atoms with Crippen LogP contribution in [-0.4, -0.2) is 50.2 Å². The molecule has 1 fully saturated rings. The normalized spacial score (nSPS) is 24.7. The number of rotatable bonds is 6. The Bertz CT molecular complexity index is 271. The molecule has 1 saturated carbocycles. The molecule has 0 radical (unpaired) electrons. The second kappa shape index (κ2) is 8.27. The molecular formula is C14H26N2O2. The number of nitrogens with one attached hydrogen (secondary N) is 1. The van der Waals surface area contributed by atoms with Gasteiger partial charge in [0.15, 0.2) is 0 Å². The molecule has 0 spiro atoms. The number of carbonyl (C=O) groups excluding carboxylic acids is 1. The van der Waals surface area contributed by atoms with E-state index in [4.69, 9.17) is 4.74 Å². The number of hydrogen-bond acceptors (Lipinski definition) is 4. The number of hydrogen-bond donors (Lipinski definition) is 1. The zero-order valence-corrected chi connectivity index (χ0v) is 11.8. The lowest BCUT2D eigenvalue weighted by atomic mass is 9.90.